The quantitative estimate of drug-likeness (QED) is 0.760. The Kier molecular flexibility index (Phi) is 4.25. The second-order valence-electron chi connectivity index (χ2n) is 4.89. The Morgan fingerprint density at radius 3 is 2.78 bits per heavy atom. The number of benzene rings is 2. The van der Waals surface area contributed by atoms with Gasteiger partial charge in [-0.05, 0) is 35.9 Å². The summed E-state index contributed by atoms with van der Waals surface area (Å²) in [7, 11) is 0. The fourth-order valence-electron chi connectivity index (χ4n) is 2.16. The van der Waals surface area contributed by atoms with Gasteiger partial charge in [0.2, 0.25) is 0 Å². The normalized spacial score (nSPS) is 10.7. The largest absolute Gasteiger partial charge is 0.451 e. The molecule has 4 nitrogen and oxygen atoms in total. The van der Waals surface area contributed by atoms with Crippen molar-refractivity contribution in [1.29, 1.82) is 0 Å². The van der Waals surface area contributed by atoms with Crippen LogP contribution in [0, 0.1) is 5.82 Å². The average Bonchev–Trinajstić information content (AvgIpc) is 2.55. The van der Waals surface area contributed by atoms with Crippen molar-refractivity contribution in [2.75, 3.05) is 0 Å². The van der Waals surface area contributed by atoms with Crippen LogP contribution in [0.5, 0.6) is 0 Å². The first-order valence-corrected chi connectivity index (χ1v) is 7.59. The number of rotatable bonds is 3. The number of carbonyl (C=O) groups is 1. The molecule has 0 saturated carbocycles. The number of hydrogen-bond donors (Lipinski definition) is 1. The summed E-state index contributed by atoms with van der Waals surface area (Å²) < 4.78 is 19.4. The van der Waals surface area contributed by atoms with Crippen LogP contribution >= 0.6 is 15.9 Å². The third-order valence-corrected chi connectivity index (χ3v) is 4.08. The zero-order valence-corrected chi connectivity index (χ0v) is 13.4. The van der Waals surface area contributed by atoms with Gasteiger partial charge in [-0.15, -0.1) is 0 Å². The van der Waals surface area contributed by atoms with Crippen molar-refractivity contribution in [3.05, 3.63) is 80.4 Å². The van der Waals surface area contributed by atoms with E-state index < -0.39 is 11.7 Å². The third-order valence-electron chi connectivity index (χ3n) is 3.31. The highest BCUT2D eigenvalue weighted by molar-refractivity contribution is 9.10. The van der Waals surface area contributed by atoms with Crippen molar-refractivity contribution in [2.24, 2.45) is 0 Å². The number of fused-ring (bicyclic) bond motifs is 1. The molecule has 0 fully saturated rings. The minimum absolute atomic E-state index is 0.0822. The van der Waals surface area contributed by atoms with E-state index in [-0.39, 0.29) is 17.7 Å². The van der Waals surface area contributed by atoms with Crippen molar-refractivity contribution in [2.45, 2.75) is 6.54 Å². The number of halogens is 2. The zero-order chi connectivity index (χ0) is 16.4. The van der Waals surface area contributed by atoms with E-state index in [9.17, 15) is 14.0 Å². The number of para-hydroxylation sites is 1. The van der Waals surface area contributed by atoms with Gasteiger partial charge in [0.25, 0.3) is 5.91 Å². The number of amides is 1. The van der Waals surface area contributed by atoms with Crippen LogP contribution in [0.25, 0.3) is 11.0 Å². The molecular formula is C17H11BrFNO3. The molecule has 0 saturated heterocycles. The molecule has 0 spiro atoms. The SMILES string of the molecule is O=C(NCc1cc(F)ccc1Br)c1cc(=O)c2ccccc2o1. The summed E-state index contributed by atoms with van der Waals surface area (Å²) in [5, 5.41) is 3.02. The van der Waals surface area contributed by atoms with Gasteiger partial charge in [0, 0.05) is 17.1 Å². The topological polar surface area (TPSA) is 59.3 Å². The third kappa shape index (κ3) is 3.32. The van der Waals surface area contributed by atoms with E-state index in [1.165, 1.54) is 12.1 Å². The minimum atomic E-state index is -0.538. The number of nitrogens with one attached hydrogen (secondary N) is 1. The van der Waals surface area contributed by atoms with Gasteiger partial charge in [0.05, 0.1) is 5.39 Å². The summed E-state index contributed by atoms with van der Waals surface area (Å²) in [6, 6.07) is 12.0. The predicted octanol–water partition coefficient (Wildman–Crippen LogP) is 3.62. The summed E-state index contributed by atoms with van der Waals surface area (Å²) in [5.41, 5.74) is 0.641. The highest BCUT2D eigenvalue weighted by atomic mass is 79.9. The first kappa shape index (κ1) is 15.4. The van der Waals surface area contributed by atoms with E-state index in [1.807, 2.05) is 0 Å². The van der Waals surface area contributed by atoms with Crippen molar-refractivity contribution in [3.63, 3.8) is 0 Å². The molecule has 0 radical (unpaired) electrons. The molecule has 0 unspecified atom stereocenters. The molecule has 3 aromatic rings. The smallest absolute Gasteiger partial charge is 0.287 e. The molecule has 1 aromatic heterocycles. The molecule has 2 aromatic carbocycles. The van der Waals surface area contributed by atoms with Crippen LogP contribution in [-0.2, 0) is 6.54 Å². The summed E-state index contributed by atoms with van der Waals surface area (Å²) in [6.07, 6.45) is 0. The Bertz CT molecular complexity index is 952. The maximum absolute atomic E-state index is 13.2. The highest BCUT2D eigenvalue weighted by Gasteiger charge is 2.12. The van der Waals surface area contributed by atoms with Gasteiger partial charge >= 0.3 is 0 Å². The summed E-state index contributed by atoms with van der Waals surface area (Å²) >= 11 is 3.29. The van der Waals surface area contributed by atoms with Crippen LogP contribution in [0.3, 0.4) is 0 Å². The van der Waals surface area contributed by atoms with Crippen LogP contribution in [0.1, 0.15) is 16.1 Å². The minimum Gasteiger partial charge on any atom is -0.451 e. The first-order chi connectivity index (χ1) is 11.0. The van der Waals surface area contributed by atoms with Gasteiger partial charge < -0.3 is 9.73 Å². The van der Waals surface area contributed by atoms with Crippen molar-refractivity contribution < 1.29 is 13.6 Å². The zero-order valence-electron chi connectivity index (χ0n) is 11.8. The maximum atomic E-state index is 13.2. The predicted molar refractivity (Wildman–Crippen MR) is 87.8 cm³/mol. The second kappa shape index (κ2) is 6.34. The maximum Gasteiger partial charge on any atom is 0.287 e. The van der Waals surface area contributed by atoms with Gasteiger partial charge in [0.1, 0.15) is 11.4 Å². The molecule has 0 bridgehead atoms. The first-order valence-electron chi connectivity index (χ1n) is 6.79. The summed E-state index contributed by atoms with van der Waals surface area (Å²) in [5.74, 6) is -1.01. The fourth-order valence-corrected chi connectivity index (χ4v) is 2.54. The molecule has 1 N–H and O–H groups in total. The Balaban J connectivity index is 1.83. The average molecular weight is 376 g/mol. The van der Waals surface area contributed by atoms with Gasteiger partial charge in [-0.2, -0.15) is 0 Å². The Morgan fingerprint density at radius 1 is 1.17 bits per heavy atom. The van der Waals surface area contributed by atoms with Crippen molar-refractivity contribution >= 4 is 32.8 Å². The Hall–Kier alpha value is -2.47. The molecule has 0 aliphatic heterocycles. The standard InChI is InChI=1S/C17H11BrFNO3/c18-13-6-5-11(19)7-10(13)9-20-17(22)16-8-14(21)12-3-1-2-4-15(12)23-16/h1-8H,9H2,(H,20,22). The molecule has 116 valence electrons. The summed E-state index contributed by atoms with van der Waals surface area (Å²) in [6.45, 7) is 0.105. The van der Waals surface area contributed by atoms with Gasteiger partial charge in [0.15, 0.2) is 11.2 Å². The number of carbonyl (C=O) groups excluding carboxylic acids is 1. The molecule has 6 heteroatoms. The molecule has 0 aliphatic carbocycles. The number of hydrogen-bond acceptors (Lipinski definition) is 3. The lowest BCUT2D eigenvalue weighted by Gasteiger charge is -2.07. The van der Waals surface area contributed by atoms with Crippen molar-refractivity contribution in [1.82, 2.24) is 5.32 Å². The highest BCUT2D eigenvalue weighted by Crippen LogP contribution is 2.18. The van der Waals surface area contributed by atoms with Gasteiger partial charge in [-0.1, -0.05) is 28.1 Å². The van der Waals surface area contributed by atoms with E-state index in [1.54, 1.807) is 30.3 Å². The summed E-state index contributed by atoms with van der Waals surface area (Å²) in [4.78, 5) is 24.1. The molecule has 0 atom stereocenters. The fraction of sp³-hybridized carbons (Fsp3) is 0.0588. The molecule has 23 heavy (non-hydrogen) atoms. The molecule has 3 rings (SSSR count). The van der Waals surface area contributed by atoms with Crippen LogP contribution in [0.2, 0.25) is 0 Å². The molecular weight excluding hydrogens is 365 g/mol. The molecule has 1 amide bonds. The van der Waals surface area contributed by atoms with Crippen LogP contribution < -0.4 is 10.7 Å². The van der Waals surface area contributed by atoms with E-state index >= 15 is 0 Å². The molecule has 1 heterocycles. The van der Waals surface area contributed by atoms with E-state index in [4.69, 9.17) is 4.42 Å². The second-order valence-corrected chi connectivity index (χ2v) is 5.74. The van der Waals surface area contributed by atoms with Crippen molar-refractivity contribution in [3.8, 4) is 0 Å². The lowest BCUT2D eigenvalue weighted by atomic mass is 10.2. The molecule has 0 aliphatic rings. The van der Waals surface area contributed by atoms with E-state index in [0.717, 1.165) is 6.07 Å². The van der Waals surface area contributed by atoms with Crippen LogP contribution in [0.4, 0.5) is 4.39 Å². The van der Waals surface area contributed by atoms with E-state index in [2.05, 4.69) is 21.2 Å². The lowest BCUT2D eigenvalue weighted by Crippen LogP contribution is -2.24. The monoisotopic (exact) mass is 375 g/mol. The van der Waals surface area contributed by atoms with Crippen LogP contribution in [0.15, 0.2) is 62.2 Å². The Morgan fingerprint density at radius 2 is 1.96 bits per heavy atom. The van der Waals surface area contributed by atoms with E-state index in [0.29, 0.717) is 21.0 Å². The van der Waals surface area contributed by atoms with Crippen LogP contribution in [-0.4, -0.2) is 5.91 Å². The van der Waals surface area contributed by atoms with Gasteiger partial charge in [-0.3, -0.25) is 9.59 Å². The Labute approximate surface area is 139 Å². The lowest BCUT2D eigenvalue weighted by molar-refractivity contribution is 0.0923. The van der Waals surface area contributed by atoms with Gasteiger partial charge in [-0.25, -0.2) is 4.39 Å².